The summed E-state index contributed by atoms with van der Waals surface area (Å²) in [4.78, 5) is 0.185. The summed E-state index contributed by atoms with van der Waals surface area (Å²) in [6, 6.07) is 6.19. The van der Waals surface area contributed by atoms with Crippen molar-refractivity contribution < 1.29 is 8.42 Å². The second-order valence-electron chi connectivity index (χ2n) is 4.31. The first-order valence-electron chi connectivity index (χ1n) is 4.50. The first kappa shape index (κ1) is 12.5. The molecule has 0 bridgehead atoms. The lowest BCUT2D eigenvalue weighted by molar-refractivity contribution is 0.491. The molecule has 0 amide bonds. The molecular formula is C10H14ClNO2S. The Labute approximate surface area is 95.5 Å². The quantitative estimate of drug-likeness (QED) is 0.873. The zero-order valence-electron chi connectivity index (χ0n) is 8.91. The molecule has 84 valence electrons. The van der Waals surface area contributed by atoms with E-state index in [9.17, 15) is 8.42 Å². The highest BCUT2D eigenvalue weighted by atomic mass is 35.5. The maximum absolute atomic E-state index is 11.8. The first-order chi connectivity index (χ1) is 6.71. The molecule has 0 saturated carbocycles. The van der Waals surface area contributed by atoms with E-state index in [1.54, 1.807) is 32.9 Å². The van der Waals surface area contributed by atoms with Crippen molar-refractivity contribution in [1.82, 2.24) is 4.72 Å². The highest BCUT2D eigenvalue weighted by molar-refractivity contribution is 7.89. The van der Waals surface area contributed by atoms with Crippen molar-refractivity contribution in [2.24, 2.45) is 0 Å². The number of hydrogen-bond donors (Lipinski definition) is 1. The van der Waals surface area contributed by atoms with Crippen LogP contribution in [0, 0.1) is 0 Å². The molecule has 0 atom stereocenters. The fourth-order valence-corrected chi connectivity index (χ4v) is 2.82. The van der Waals surface area contributed by atoms with E-state index < -0.39 is 15.6 Å². The molecule has 0 unspecified atom stereocenters. The van der Waals surface area contributed by atoms with Gasteiger partial charge < -0.3 is 0 Å². The highest BCUT2D eigenvalue weighted by Gasteiger charge is 2.21. The van der Waals surface area contributed by atoms with Gasteiger partial charge in [-0.25, -0.2) is 13.1 Å². The summed E-state index contributed by atoms with van der Waals surface area (Å²) in [5.41, 5.74) is -0.499. The van der Waals surface area contributed by atoms with E-state index in [0.29, 0.717) is 5.02 Å². The van der Waals surface area contributed by atoms with Gasteiger partial charge in [0.2, 0.25) is 10.0 Å². The molecule has 0 fully saturated rings. The lowest BCUT2D eigenvalue weighted by Crippen LogP contribution is -2.40. The molecule has 1 N–H and O–H groups in total. The average Bonchev–Trinajstić information content (AvgIpc) is 1.99. The van der Waals surface area contributed by atoms with Gasteiger partial charge in [-0.15, -0.1) is 0 Å². The number of sulfonamides is 1. The van der Waals surface area contributed by atoms with Gasteiger partial charge in [0.15, 0.2) is 0 Å². The predicted octanol–water partition coefficient (Wildman–Crippen LogP) is 2.42. The van der Waals surface area contributed by atoms with Crippen LogP contribution in [0.4, 0.5) is 0 Å². The average molecular weight is 248 g/mol. The van der Waals surface area contributed by atoms with Crippen molar-refractivity contribution >= 4 is 21.6 Å². The molecule has 0 aromatic heterocycles. The topological polar surface area (TPSA) is 46.2 Å². The molecular weight excluding hydrogens is 234 g/mol. The molecule has 0 aliphatic carbocycles. The summed E-state index contributed by atoms with van der Waals surface area (Å²) >= 11 is 5.73. The van der Waals surface area contributed by atoms with Gasteiger partial charge in [-0.3, -0.25) is 0 Å². The third kappa shape index (κ3) is 3.81. The van der Waals surface area contributed by atoms with Crippen LogP contribution in [0.1, 0.15) is 20.8 Å². The van der Waals surface area contributed by atoms with Crippen molar-refractivity contribution in [3.8, 4) is 0 Å². The molecule has 5 heteroatoms. The fourth-order valence-electron chi connectivity index (χ4n) is 1.10. The van der Waals surface area contributed by atoms with Crippen molar-refractivity contribution in [2.75, 3.05) is 0 Å². The van der Waals surface area contributed by atoms with E-state index in [-0.39, 0.29) is 4.90 Å². The first-order valence-corrected chi connectivity index (χ1v) is 6.36. The van der Waals surface area contributed by atoms with Crippen LogP contribution in [-0.4, -0.2) is 14.0 Å². The Bertz CT molecular complexity index is 449. The number of rotatable bonds is 2. The number of nitrogens with one attached hydrogen (secondary N) is 1. The molecule has 0 spiro atoms. The van der Waals surface area contributed by atoms with E-state index in [1.807, 2.05) is 0 Å². The summed E-state index contributed by atoms with van der Waals surface area (Å²) < 4.78 is 26.2. The van der Waals surface area contributed by atoms with E-state index >= 15 is 0 Å². The van der Waals surface area contributed by atoms with Crippen LogP contribution in [0.2, 0.25) is 5.02 Å². The van der Waals surface area contributed by atoms with Crippen LogP contribution >= 0.6 is 11.6 Å². The van der Waals surface area contributed by atoms with Gasteiger partial charge >= 0.3 is 0 Å². The van der Waals surface area contributed by atoms with Crippen LogP contribution in [0.15, 0.2) is 29.2 Å². The summed E-state index contributed by atoms with van der Waals surface area (Å²) in [6.07, 6.45) is 0. The molecule has 0 aliphatic rings. The Morgan fingerprint density at radius 3 is 2.33 bits per heavy atom. The fraction of sp³-hybridized carbons (Fsp3) is 0.400. The molecule has 3 nitrogen and oxygen atoms in total. The smallest absolute Gasteiger partial charge is 0.207 e. The van der Waals surface area contributed by atoms with Crippen molar-refractivity contribution in [1.29, 1.82) is 0 Å². The highest BCUT2D eigenvalue weighted by Crippen LogP contribution is 2.17. The molecule has 0 radical (unpaired) electrons. The van der Waals surface area contributed by atoms with Crippen LogP contribution in [0.5, 0.6) is 0 Å². The maximum Gasteiger partial charge on any atom is 0.241 e. The molecule has 0 aliphatic heterocycles. The summed E-state index contributed by atoms with van der Waals surface area (Å²) in [5.74, 6) is 0. The third-order valence-corrected chi connectivity index (χ3v) is 3.54. The molecule has 15 heavy (non-hydrogen) atoms. The van der Waals surface area contributed by atoms with Crippen LogP contribution < -0.4 is 4.72 Å². The summed E-state index contributed by atoms with van der Waals surface area (Å²) in [6.45, 7) is 5.36. The third-order valence-electron chi connectivity index (χ3n) is 1.55. The SMILES string of the molecule is CC(C)(C)NS(=O)(=O)c1cccc(Cl)c1. The standard InChI is InChI=1S/C10H14ClNO2S/c1-10(2,3)12-15(13,14)9-6-4-5-8(11)7-9/h4-7,12H,1-3H3. The van der Waals surface area contributed by atoms with E-state index in [4.69, 9.17) is 11.6 Å². The van der Waals surface area contributed by atoms with Gasteiger partial charge in [-0.1, -0.05) is 17.7 Å². The van der Waals surface area contributed by atoms with Gasteiger partial charge in [-0.05, 0) is 39.0 Å². The van der Waals surface area contributed by atoms with Crippen molar-refractivity contribution in [3.05, 3.63) is 29.3 Å². The van der Waals surface area contributed by atoms with E-state index in [2.05, 4.69) is 4.72 Å². The Morgan fingerprint density at radius 2 is 1.87 bits per heavy atom. The van der Waals surface area contributed by atoms with Gasteiger partial charge in [0, 0.05) is 10.6 Å². The number of hydrogen-bond acceptors (Lipinski definition) is 2. The lowest BCUT2D eigenvalue weighted by atomic mass is 10.1. The lowest BCUT2D eigenvalue weighted by Gasteiger charge is -2.20. The van der Waals surface area contributed by atoms with Crippen molar-refractivity contribution in [3.63, 3.8) is 0 Å². The summed E-state index contributed by atoms with van der Waals surface area (Å²) in [5, 5.41) is 0.409. The molecule has 1 aromatic carbocycles. The normalized spacial score (nSPS) is 12.8. The zero-order valence-corrected chi connectivity index (χ0v) is 10.5. The van der Waals surface area contributed by atoms with E-state index in [1.165, 1.54) is 12.1 Å². The predicted molar refractivity (Wildman–Crippen MR) is 61.5 cm³/mol. The maximum atomic E-state index is 11.8. The molecule has 0 saturated heterocycles. The van der Waals surface area contributed by atoms with Crippen LogP contribution in [-0.2, 0) is 10.0 Å². The Hall–Kier alpha value is -0.580. The van der Waals surface area contributed by atoms with Crippen LogP contribution in [0.3, 0.4) is 0 Å². The molecule has 1 aromatic rings. The minimum atomic E-state index is -3.47. The van der Waals surface area contributed by atoms with Gasteiger partial charge in [0.25, 0.3) is 0 Å². The molecule has 1 rings (SSSR count). The Morgan fingerprint density at radius 1 is 1.27 bits per heavy atom. The number of halogens is 1. The largest absolute Gasteiger partial charge is 0.241 e. The monoisotopic (exact) mass is 247 g/mol. The van der Waals surface area contributed by atoms with Gasteiger partial charge in [-0.2, -0.15) is 0 Å². The van der Waals surface area contributed by atoms with E-state index in [0.717, 1.165) is 0 Å². The van der Waals surface area contributed by atoms with Crippen LogP contribution in [0.25, 0.3) is 0 Å². The van der Waals surface area contributed by atoms with Gasteiger partial charge in [0.1, 0.15) is 0 Å². The minimum Gasteiger partial charge on any atom is -0.207 e. The van der Waals surface area contributed by atoms with Gasteiger partial charge in [0.05, 0.1) is 4.90 Å². The number of benzene rings is 1. The second kappa shape index (κ2) is 4.12. The Kier molecular flexibility index (Phi) is 3.43. The Balaban J connectivity index is 3.07. The van der Waals surface area contributed by atoms with Crippen molar-refractivity contribution in [2.45, 2.75) is 31.2 Å². The molecule has 0 heterocycles. The summed E-state index contributed by atoms with van der Waals surface area (Å²) in [7, 11) is -3.47. The zero-order chi connectivity index (χ0) is 11.7. The minimum absolute atomic E-state index is 0.185. The second-order valence-corrected chi connectivity index (χ2v) is 6.43.